The minimum Gasteiger partial charge on any atom is -0.467 e. The molecule has 0 aromatic heterocycles. The van der Waals surface area contributed by atoms with Crippen molar-refractivity contribution in [1.29, 1.82) is 0 Å². The average Bonchev–Trinajstić information content (AvgIpc) is 2.16. The highest BCUT2D eigenvalue weighted by Crippen LogP contribution is 2.30. The Morgan fingerprint density at radius 1 is 1.54 bits per heavy atom. The van der Waals surface area contributed by atoms with Gasteiger partial charge in [-0.2, -0.15) is 0 Å². The molecule has 4 nitrogen and oxygen atoms in total. The maximum absolute atomic E-state index is 11.2. The molecule has 0 saturated heterocycles. The van der Waals surface area contributed by atoms with Gasteiger partial charge >= 0.3 is 5.97 Å². The number of carbonyl (C=O) groups is 1. The molecule has 1 N–H and O–H groups in total. The zero-order valence-corrected chi connectivity index (χ0v) is 8.08. The van der Waals surface area contributed by atoms with Gasteiger partial charge in [-0.1, -0.05) is 0 Å². The molecule has 0 heterocycles. The molecule has 0 aliphatic heterocycles. The van der Waals surface area contributed by atoms with Crippen LogP contribution in [0.3, 0.4) is 0 Å². The van der Waals surface area contributed by atoms with Crippen molar-refractivity contribution in [2.75, 3.05) is 14.2 Å². The molecule has 0 amide bonds. The van der Waals surface area contributed by atoms with Crippen molar-refractivity contribution in [2.24, 2.45) is 0 Å². The summed E-state index contributed by atoms with van der Waals surface area (Å²) in [6, 6.07) is 0. The van der Waals surface area contributed by atoms with E-state index in [4.69, 9.17) is 4.74 Å². The van der Waals surface area contributed by atoms with Crippen molar-refractivity contribution in [3.05, 3.63) is 0 Å². The van der Waals surface area contributed by atoms with Gasteiger partial charge < -0.3 is 14.6 Å². The van der Waals surface area contributed by atoms with Crippen molar-refractivity contribution < 1.29 is 19.4 Å². The second-order valence-corrected chi connectivity index (χ2v) is 3.48. The predicted octanol–water partition coefficient (Wildman–Crippen LogP) is 0.479. The topological polar surface area (TPSA) is 55.8 Å². The van der Waals surface area contributed by atoms with Gasteiger partial charge in [-0.05, 0) is 19.3 Å². The lowest BCUT2D eigenvalue weighted by Gasteiger charge is -2.33. The quantitative estimate of drug-likeness (QED) is 0.640. The van der Waals surface area contributed by atoms with Crippen molar-refractivity contribution >= 4 is 5.97 Å². The van der Waals surface area contributed by atoms with E-state index in [9.17, 15) is 9.90 Å². The van der Waals surface area contributed by atoms with E-state index in [1.165, 1.54) is 7.11 Å². The second-order valence-electron chi connectivity index (χ2n) is 3.48. The van der Waals surface area contributed by atoms with Crippen LogP contribution in [0, 0.1) is 0 Å². The number of aliphatic hydroxyl groups is 1. The predicted molar refractivity (Wildman–Crippen MR) is 46.2 cm³/mol. The number of methoxy groups -OCH3 is 2. The van der Waals surface area contributed by atoms with Crippen molar-refractivity contribution in [2.45, 2.75) is 37.4 Å². The van der Waals surface area contributed by atoms with E-state index in [1.54, 1.807) is 7.11 Å². The Morgan fingerprint density at radius 2 is 2.23 bits per heavy atom. The van der Waals surface area contributed by atoms with Crippen LogP contribution in [0.25, 0.3) is 0 Å². The minimum absolute atomic E-state index is 0.0298. The largest absolute Gasteiger partial charge is 0.467 e. The molecule has 0 bridgehead atoms. The lowest BCUT2D eigenvalue weighted by atomic mass is 9.83. The Bertz CT molecular complexity index is 192. The van der Waals surface area contributed by atoms with Crippen LogP contribution in [0.15, 0.2) is 0 Å². The number of ether oxygens (including phenoxy) is 2. The summed E-state index contributed by atoms with van der Waals surface area (Å²) in [6.45, 7) is 0. The first kappa shape index (κ1) is 10.5. The normalized spacial score (nSPS) is 34.2. The van der Waals surface area contributed by atoms with E-state index in [1.807, 2.05) is 0 Å². The van der Waals surface area contributed by atoms with Gasteiger partial charge in [0, 0.05) is 13.5 Å². The first-order valence-electron chi connectivity index (χ1n) is 4.46. The van der Waals surface area contributed by atoms with Crippen LogP contribution in [0.1, 0.15) is 25.7 Å². The van der Waals surface area contributed by atoms with Gasteiger partial charge in [0.25, 0.3) is 0 Å². The second kappa shape index (κ2) is 4.07. The van der Waals surface area contributed by atoms with Crippen LogP contribution < -0.4 is 0 Å². The molecule has 0 spiro atoms. The summed E-state index contributed by atoms with van der Waals surface area (Å²) in [6.07, 6.45) is 2.48. The van der Waals surface area contributed by atoms with E-state index < -0.39 is 11.6 Å². The van der Waals surface area contributed by atoms with E-state index in [2.05, 4.69) is 4.74 Å². The molecule has 0 aromatic rings. The molecule has 1 aliphatic carbocycles. The Balaban J connectivity index is 2.62. The molecule has 1 fully saturated rings. The molecule has 4 heteroatoms. The third kappa shape index (κ3) is 2.19. The highest BCUT2D eigenvalue weighted by atomic mass is 16.5. The molecule has 1 saturated carbocycles. The Labute approximate surface area is 77.8 Å². The summed E-state index contributed by atoms with van der Waals surface area (Å²) in [7, 11) is 2.88. The van der Waals surface area contributed by atoms with Crippen LogP contribution >= 0.6 is 0 Å². The highest BCUT2D eigenvalue weighted by Gasteiger charge is 2.42. The first-order chi connectivity index (χ1) is 6.12. The van der Waals surface area contributed by atoms with Gasteiger partial charge in [-0.25, -0.2) is 4.79 Å². The zero-order valence-electron chi connectivity index (χ0n) is 8.08. The summed E-state index contributed by atoms with van der Waals surface area (Å²) in [4.78, 5) is 11.2. The number of rotatable bonds is 2. The summed E-state index contributed by atoms with van der Waals surface area (Å²) in [5.74, 6) is -0.547. The third-order valence-electron chi connectivity index (χ3n) is 2.58. The summed E-state index contributed by atoms with van der Waals surface area (Å²) < 4.78 is 9.65. The van der Waals surface area contributed by atoms with E-state index in [0.29, 0.717) is 12.8 Å². The molecular weight excluding hydrogens is 172 g/mol. The van der Waals surface area contributed by atoms with E-state index >= 15 is 0 Å². The monoisotopic (exact) mass is 188 g/mol. The van der Waals surface area contributed by atoms with Gasteiger partial charge in [0.05, 0.1) is 13.2 Å². The van der Waals surface area contributed by atoms with Crippen molar-refractivity contribution in [1.82, 2.24) is 0 Å². The molecule has 13 heavy (non-hydrogen) atoms. The summed E-state index contributed by atoms with van der Waals surface area (Å²) >= 11 is 0. The Hall–Kier alpha value is -0.610. The van der Waals surface area contributed by atoms with E-state index in [-0.39, 0.29) is 6.10 Å². The number of hydrogen-bond acceptors (Lipinski definition) is 4. The molecule has 2 atom stereocenters. The van der Waals surface area contributed by atoms with Gasteiger partial charge in [0.1, 0.15) is 0 Å². The number of carbonyl (C=O) groups excluding carboxylic acids is 1. The fourth-order valence-electron chi connectivity index (χ4n) is 1.78. The minimum atomic E-state index is -1.33. The lowest BCUT2D eigenvalue weighted by Crippen LogP contribution is -2.45. The first-order valence-corrected chi connectivity index (χ1v) is 4.46. The van der Waals surface area contributed by atoms with Crippen LogP contribution in [-0.2, 0) is 14.3 Å². The van der Waals surface area contributed by atoms with Crippen LogP contribution in [-0.4, -0.2) is 37.0 Å². The van der Waals surface area contributed by atoms with Gasteiger partial charge in [0.15, 0.2) is 5.60 Å². The van der Waals surface area contributed by atoms with Gasteiger partial charge in [-0.15, -0.1) is 0 Å². The maximum Gasteiger partial charge on any atom is 0.337 e. The van der Waals surface area contributed by atoms with Crippen molar-refractivity contribution in [3.8, 4) is 0 Å². The van der Waals surface area contributed by atoms with Gasteiger partial charge in [0.2, 0.25) is 0 Å². The third-order valence-corrected chi connectivity index (χ3v) is 2.58. The average molecular weight is 188 g/mol. The molecule has 1 aliphatic rings. The number of hydrogen-bond donors (Lipinski definition) is 1. The molecule has 0 radical (unpaired) electrons. The maximum atomic E-state index is 11.2. The molecule has 76 valence electrons. The highest BCUT2D eigenvalue weighted by molar-refractivity contribution is 5.79. The lowest BCUT2D eigenvalue weighted by molar-refractivity contribution is -0.170. The zero-order chi connectivity index (χ0) is 9.90. The van der Waals surface area contributed by atoms with Gasteiger partial charge in [-0.3, -0.25) is 0 Å². The van der Waals surface area contributed by atoms with Crippen molar-refractivity contribution in [3.63, 3.8) is 0 Å². The molecule has 0 aromatic carbocycles. The Morgan fingerprint density at radius 3 is 2.77 bits per heavy atom. The van der Waals surface area contributed by atoms with Crippen LogP contribution in [0.5, 0.6) is 0 Å². The number of esters is 1. The smallest absolute Gasteiger partial charge is 0.337 e. The van der Waals surface area contributed by atoms with E-state index in [0.717, 1.165) is 12.8 Å². The SMILES string of the molecule is COC(=O)C1(O)CCCC(OC)C1. The fraction of sp³-hybridized carbons (Fsp3) is 0.889. The summed E-state index contributed by atoms with van der Waals surface area (Å²) in [5.41, 5.74) is -1.33. The molecule has 2 unspecified atom stereocenters. The summed E-state index contributed by atoms with van der Waals surface area (Å²) in [5, 5.41) is 9.89. The molecule has 1 rings (SSSR count). The van der Waals surface area contributed by atoms with Crippen LogP contribution in [0.4, 0.5) is 0 Å². The fourth-order valence-corrected chi connectivity index (χ4v) is 1.78. The van der Waals surface area contributed by atoms with Crippen LogP contribution in [0.2, 0.25) is 0 Å². The molecular formula is C9H16O4. The standard InChI is InChI=1S/C9H16O4/c1-12-7-4-3-5-9(11,6-7)8(10)13-2/h7,11H,3-6H2,1-2H3. The Kier molecular flexibility index (Phi) is 3.27.